The number of alkyl halides is 3. The number of nitrogen functional groups attached to an aromatic ring is 1. The predicted molar refractivity (Wildman–Crippen MR) is 74.5 cm³/mol. The van der Waals surface area contributed by atoms with Crippen LogP contribution in [0, 0.1) is 0 Å². The number of hydrogen-bond acceptors (Lipinski definition) is 2. The van der Waals surface area contributed by atoms with Crippen LogP contribution < -0.4 is 5.73 Å². The van der Waals surface area contributed by atoms with Crippen LogP contribution in [0.4, 0.5) is 19.0 Å². The van der Waals surface area contributed by atoms with Gasteiger partial charge in [-0.25, -0.2) is 0 Å². The van der Waals surface area contributed by atoms with Gasteiger partial charge in [0.15, 0.2) is 0 Å². The van der Waals surface area contributed by atoms with Crippen LogP contribution in [0.25, 0.3) is 22.3 Å². The summed E-state index contributed by atoms with van der Waals surface area (Å²) in [4.78, 5) is 0. The maximum absolute atomic E-state index is 13.1. The van der Waals surface area contributed by atoms with Crippen molar-refractivity contribution < 1.29 is 13.2 Å². The lowest BCUT2D eigenvalue weighted by molar-refractivity contribution is -0.136. The van der Waals surface area contributed by atoms with Gasteiger partial charge in [0.1, 0.15) is 5.82 Å². The van der Waals surface area contributed by atoms with Gasteiger partial charge < -0.3 is 10.3 Å². The highest BCUT2D eigenvalue weighted by Gasteiger charge is 2.33. The van der Waals surface area contributed by atoms with Crippen molar-refractivity contribution in [1.29, 1.82) is 0 Å². The van der Waals surface area contributed by atoms with Crippen LogP contribution in [0.15, 0.2) is 30.3 Å². The Morgan fingerprint density at radius 1 is 1.10 bits per heavy atom. The molecule has 1 aromatic carbocycles. The predicted octanol–water partition coefficient (Wildman–Crippen LogP) is 3.18. The molecule has 0 unspecified atom stereocenters. The molecule has 2 aromatic heterocycles. The van der Waals surface area contributed by atoms with E-state index in [0.29, 0.717) is 22.7 Å². The van der Waals surface area contributed by atoms with E-state index in [1.807, 2.05) is 0 Å². The Kier molecular flexibility index (Phi) is 2.76. The van der Waals surface area contributed by atoms with Crippen LogP contribution >= 0.6 is 0 Å². The number of rotatable bonds is 1. The topological polar surface area (TPSA) is 48.8 Å². The number of hydrogen-bond donors (Lipinski definition) is 1. The number of benzene rings is 1. The summed E-state index contributed by atoms with van der Waals surface area (Å²) in [6.45, 7) is 0. The summed E-state index contributed by atoms with van der Waals surface area (Å²) in [5, 5.41) is 4.20. The largest absolute Gasteiger partial charge is 0.417 e. The third kappa shape index (κ3) is 2.05. The summed E-state index contributed by atoms with van der Waals surface area (Å²) in [5.74, 6) is 0.328. The summed E-state index contributed by atoms with van der Waals surface area (Å²) in [7, 11) is 3.43. The van der Waals surface area contributed by atoms with Crippen LogP contribution in [-0.4, -0.2) is 14.3 Å². The average Bonchev–Trinajstić information content (AvgIpc) is 2.88. The van der Waals surface area contributed by atoms with Gasteiger partial charge >= 0.3 is 6.18 Å². The minimum absolute atomic E-state index is 0.169. The van der Waals surface area contributed by atoms with Crippen LogP contribution in [0.5, 0.6) is 0 Å². The molecule has 0 atom stereocenters. The molecule has 0 aliphatic heterocycles. The molecular weight excluding hydrogens is 281 g/mol. The van der Waals surface area contributed by atoms with E-state index in [1.54, 1.807) is 35.5 Å². The Morgan fingerprint density at radius 2 is 1.81 bits per heavy atom. The molecule has 3 rings (SSSR count). The van der Waals surface area contributed by atoms with Crippen LogP contribution in [0.3, 0.4) is 0 Å². The standard InChI is InChI=1S/C14H13F3N4/c1-20-10-5-3-4-9(14(15,16)17)8(10)6-11(20)12-7-13(18)19-21(12)2/h3-7H,1-2H3,(H2,18,19). The van der Waals surface area contributed by atoms with E-state index in [4.69, 9.17) is 5.73 Å². The molecule has 0 spiro atoms. The molecule has 0 fully saturated rings. The number of anilines is 1. The highest BCUT2D eigenvalue weighted by molar-refractivity contribution is 5.89. The number of nitrogens with two attached hydrogens (primary N) is 1. The lowest BCUT2D eigenvalue weighted by Gasteiger charge is -2.08. The zero-order valence-electron chi connectivity index (χ0n) is 11.4. The molecule has 2 heterocycles. The normalized spacial score (nSPS) is 12.2. The molecule has 0 radical (unpaired) electrons. The first-order valence-electron chi connectivity index (χ1n) is 6.24. The van der Waals surface area contributed by atoms with Crippen molar-refractivity contribution in [3.63, 3.8) is 0 Å². The smallest absolute Gasteiger partial charge is 0.382 e. The molecule has 2 N–H and O–H groups in total. The molecule has 0 saturated carbocycles. The Bertz CT molecular complexity index is 827. The van der Waals surface area contributed by atoms with E-state index in [9.17, 15) is 13.2 Å². The SMILES string of the molecule is Cn1nc(N)cc1-c1cc2c(C(F)(F)F)cccc2n1C. The van der Waals surface area contributed by atoms with Gasteiger partial charge in [-0.15, -0.1) is 0 Å². The van der Waals surface area contributed by atoms with E-state index >= 15 is 0 Å². The monoisotopic (exact) mass is 294 g/mol. The molecule has 0 aliphatic carbocycles. The fraction of sp³-hybridized carbons (Fsp3) is 0.214. The Hall–Kier alpha value is -2.44. The lowest BCUT2D eigenvalue weighted by Crippen LogP contribution is -2.05. The Balaban J connectivity index is 2.32. The highest BCUT2D eigenvalue weighted by atomic mass is 19.4. The molecule has 110 valence electrons. The summed E-state index contributed by atoms with van der Waals surface area (Å²) in [6.07, 6.45) is -4.39. The zero-order chi connectivity index (χ0) is 15.4. The molecule has 0 saturated heterocycles. The molecule has 0 aliphatic rings. The van der Waals surface area contributed by atoms with Gasteiger partial charge in [-0.2, -0.15) is 18.3 Å². The van der Waals surface area contributed by atoms with Crippen molar-refractivity contribution in [2.24, 2.45) is 14.1 Å². The number of aromatic nitrogens is 3. The molecule has 21 heavy (non-hydrogen) atoms. The average molecular weight is 294 g/mol. The summed E-state index contributed by atoms with van der Waals surface area (Å²) in [6, 6.07) is 7.32. The molecule has 3 aromatic rings. The third-order valence-corrected chi connectivity index (χ3v) is 3.55. The van der Waals surface area contributed by atoms with Crippen LogP contribution in [0.2, 0.25) is 0 Å². The highest BCUT2D eigenvalue weighted by Crippen LogP contribution is 2.37. The van der Waals surface area contributed by atoms with Crippen molar-refractivity contribution in [2.75, 3.05) is 5.73 Å². The number of aryl methyl sites for hydroxylation is 2. The lowest BCUT2D eigenvalue weighted by atomic mass is 10.1. The van der Waals surface area contributed by atoms with E-state index < -0.39 is 11.7 Å². The van der Waals surface area contributed by atoms with Crippen molar-refractivity contribution in [2.45, 2.75) is 6.18 Å². The van der Waals surface area contributed by atoms with Gasteiger partial charge in [-0.1, -0.05) is 6.07 Å². The summed E-state index contributed by atoms with van der Waals surface area (Å²) >= 11 is 0. The second-order valence-electron chi connectivity index (χ2n) is 4.90. The maximum Gasteiger partial charge on any atom is 0.417 e. The van der Waals surface area contributed by atoms with E-state index in [1.165, 1.54) is 12.1 Å². The first-order valence-corrected chi connectivity index (χ1v) is 6.24. The second-order valence-corrected chi connectivity index (χ2v) is 4.90. The van der Waals surface area contributed by atoms with E-state index in [-0.39, 0.29) is 5.39 Å². The van der Waals surface area contributed by atoms with Gasteiger partial charge in [-0.05, 0) is 18.2 Å². The number of halogens is 3. The van der Waals surface area contributed by atoms with Crippen molar-refractivity contribution in [3.8, 4) is 11.4 Å². The van der Waals surface area contributed by atoms with Crippen LogP contribution in [0.1, 0.15) is 5.56 Å². The van der Waals surface area contributed by atoms with Crippen molar-refractivity contribution >= 4 is 16.7 Å². The quantitative estimate of drug-likeness (QED) is 0.749. The molecule has 4 nitrogen and oxygen atoms in total. The number of nitrogens with zero attached hydrogens (tertiary/aromatic N) is 3. The van der Waals surface area contributed by atoms with E-state index in [2.05, 4.69) is 5.10 Å². The minimum Gasteiger partial charge on any atom is -0.382 e. The van der Waals surface area contributed by atoms with E-state index in [0.717, 1.165) is 6.07 Å². The Labute approximate surface area is 118 Å². The first kappa shape index (κ1) is 13.5. The summed E-state index contributed by atoms with van der Waals surface area (Å²) in [5.41, 5.74) is 6.81. The summed E-state index contributed by atoms with van der Waals surface area (Å²) < 4.78 is 42.6. The van der Waals surface area contributed by atoms with Gasteiger partial charge in [0.2, 0.25) is 0 Å². The fourth-order valence-electron chi connectivity index (χ4n) is 2.58. The van der Waals surface area contributed by atoms with Gasteiger partial charge in [-0.3, -0.25) is 4.68 Å². The zero-order valence-corrected chi connectivity index (χ0v) is 11.4. The molecular formula is C14H13F3N4. The van der Waals surface area contributed by atoms with Gasteiger partial charge in [0, 0.05) is 31.1 Å². The fourth-order valence-corrected chi connectivity index (χ4v) is 2.58. The molecule has 0 bridgehead atoms. The second kappa shape index (κ2) is 4.28. The molecule has 0 amide bonds. The Morgan fingerprint density at radius 3 is 2.38 bits per heavy atom. The van der Waals surface area contributed by atoms with Crippen molar-refractivity contribution in [1.82, 2.24) is 14.3 Å². The van der Waals surface area contributed by atoms with Gasteiger partial charge in [0.05, 0.1) is 17.0 Å². The maximum atomic E-state index is 13.1. The molecule has 7 heteroatoms. The minimum atomic E-state index is -4.39. The van der Waals surface area contributed by atoms with Gasteiger partial charge in [0.25, 0.3) is 0 Å². The van der Waals surface area contributed by atoms with Crippen molar-refractivity contribution in [3.05, 3.63) is 35.9 Å². The van der Waals surface area contributed by atoms with Crippen LogP contribution in [-0.2, 0) is 20.3 Å². The third-order valence-electron chi connectivity index (χ3n) is 3.55. The number of fused-ring (bicyclic) bond motifs is 1. The first-order chi connectivity index (χ1) is 9.79.